The van der Waals surface area contributed by atoms with Gasteiger partial charge in [0.1, 0.15) is 5.75 Å². The third-order valence-corrected chi connectivity index (χ3v) is 4.10. The third kappa shape index (κ3) is 5.13. The number of benzene rings is 1. The van der Waals surface area contributed by atoms with Gasteiger partial charge in [-0.1, -0.05) is 12.8 Å². The number of halogens is 3. The van der Waals surface area contributed by atoms with E-state index in [-0.39, 0.29) is 17.6 Å². The number of carbonyl (C=O) groups is 1. The first-order chi connectivity index (χ1) is 10.7. The summed E-state index contributed by atoms with van der Waals surface area (Å²) in [5, 5.41) is 2.77. The van der Waals surface area contributed by atoms with Crippen LogP contribution in [0.5, 0.6) is 5.75 Å². The van der Waals surface area contributed by atoms with Crippen LogP contribution >= 0.6 is 0 Å². The van der Waals surface area contributed by atoms with E-state index in [0.29, 0.717) is 5.69 Å². The van der Waals surface area contributed by atoms with Gasteiger partial charge < -0.3 is 15.8 Å². The molecule has 128 valence electrons. The number of hydrogen-bond acceptors (Lipinski definition) is 3. The summed E-state index contributed by atoms with van der Waals surface area (Å²) in [5.74, 6) is -0.322. The van der Waals surface area contributed by atoms with Crippen LogP contribution in [0.2, 0.25) is 0 Å². The average Bonchev–Trinajstić information content (AvgIpc) is 2.45. The van der Waals surface area contributed by atoms with Crippen LogP contribution < -0.4 is 15.8 Å². The molecule has 2 rings (SSSR count). The topological polar surface area (TPSA) is 64.4 Å². The lowest BCUT2D eigenvalue weighted by molar-refractivity contribution is -0.153. The average molecular weight is 330 g/mol. The molecule has 4 nitrogen and oxygen atoms in total. The molecular weight excluding hydrogens is 309 g/mol. The number of rotatable bonds is 4. The maximum Gasteiger partial charge on any atom is 0.422 e. The van der Waals surface area contributed by atoms with Gasteiger partial charge in [0.05, 0.1) is 5.92 Å². The van der Waals surface area contributed by atoms with Crippen molar-refractivity contribution in [3.05, 3.63) is 24.3 Å². The van der Waals surface area contributed by atoms with E-state index in [1.54, 1.807) is 0 Å². The zero-order valence-electron chi connectivity index (χ0n) is 13.0. The van der Waals surface area contributed by atoms with E-state index in [1.165, 1.54) is 24.3 Å². The summed E-state index contributed by atoms with van der Waals surface area (Å²) in [7, 11) is 0. The van der Waals surface area contributed by atoms with Gasteiger partial charge in [-0.15, -0.1) is 0 Å². The van der Waals surface area contributed by atoms with Crippen LogP contribution in [-0.4, -0.2) is 24.2 Å². The molecule has 1 aromatic carbocycles. The molecule has 0 spiro atoms. The Labute approximate surface area is 133 Å². The Balaban J connectivity index is 1.94. The molecule has 1 aliphatic rings. The normalized spacial score (nSPS) is 25.0. The monoisotopic (exact) mass is 330 g/mol. The Morgan fingerprint density at radius 2 is 2.00 bits per heavy atom. The van der Waals surface area contributed by atoms with E-state index in [1.807, 2.05) is 6.92 Å². The van der Waals surface area contributed by atoms with Gasteiger partial charge in [-0.3, -0.25) is 4.79 Å². The highest BCUT2D eigenvalue weighted by Crippen LogP contribution is 2.32. The number of nitrogens with one attached hydrogen (secondary N) is 1. The van der Waals surface area contributed by atoms with Gasteiger partial charge in [-0.2, -0.15) is 13.2 Å². The van der Waals surface area contributed by atoms with E-state index in [0.717, 1.165) is 25.7 Å². The third-order valence-electron chi connectivity index (χ3n) is 4.10. The molecule has 1 aliphatic carbocycles. The molecule has 0 aromatic heterocycles. The van der Waals surface area contributed by atoms with Crippen molar-refractivity contribution in [1.29, 1.82) is 0 Å². The summed E-state index contributed by atoms with van der Waals surface area (Å²) in [6.45, 7) is 0.538. The molecule has 2 atom stereocenters. The lowest BCUT2D eigenvalue weighted by Gasteiger charge is -2.37. The first-order valence-electron chi connectivity index (χ1n) is 7.57. The highest BCUT2D eigenvalue weighted by molar-refractivity contribution is 5.93. The first-order valence-corrected chi connectivity index (χ1v) is 7.57. The Morgan fingerprint density at radius 3 is 2.57 bits per heavy atom. The number of ether oxygens (including phenoxy) is 1. The Hall–Kier alpha value is -1.76. The van der Waals surface area contributed by atoms with Crippen LogP contribution in [0.3, 0.4) is 0 Å². The maximum absolute atomic E-state index is 12.4. The summed E-state index contributed by atoms with van der Waals surface area (Å²) >= 11 is 0. The molecule has 0 saturated heterocycles. The summed E-state index contributed by atoms with van der Waals surface area (Å²) in [4.78, 5) is 12.4. The summed E-state index contributed by atoms with van der Waals surface area (Å²) in [5.41, 5.74) is 6.17. The minimum absolute atomic E-state index is 0.0988. The number of alkyl halides is 3. The van der Waals surface area contributed by atoms with Gasteiger partial charge in [0.15, 0.2) is 6.61 Å². The number of nitrogens with two attached hydrogens (primary N) is 1. The molecule has 0 heterocycles. The van der Waals surface area contributed by atoms with Crippen molar-refractivity contribution in [3.8, 4) is 5.75 Å². The van der Waals surface area contributed by atoms with Crippen molar-refractivity contribution >= 4 is 11.6 Å². The van der Waals surface area contributed by atoms with Crippen LogP contribution in [0.25, 0.3) is 0 Å². The number of amides is 1. The minimum atomic E-state index is -4.38. The predicted octanol–water partition coefficient (Wildman–Crippen LogP) is 3.47. The standard InChI is InChI=1S/C16H21F3N2O2/c1-15(20)9-3-2-4-13(15)14(22)21-11-5-7-12(8-6-11)23-10-16(17,18)19/h5-8,13H,2-4,9-10,20H2,1H3,(H,21,22). The Bertz CT molecular complexity index is 541. The fourth-order valence-electron chi connectivity index (χ4n) is 2.82. The molecule has 1 amide bonds. The lowest BCUT2D eigenvalue weighted by Crippen LogP contribution is -2.51. The Morgan fingerprint density at radius 1 is 1.35 bits per heavy atom. The largest absolute Gasteiger partial charge is 0.484 e. The first kappa shape index (κ1) is 17.6. The molecule has 23 heavy (non-hydrogen) atoms. The number of hydrogen-bond donors (Lipinski definition) is 2. The molecule has 3 N–H and O–H groups in total. The van der Waals surface area contributed by atoms with Crippen molar-refractivity contribution < 1.29 is 22.7 Å². The smallest absolute Gasteiger partial charge is 0.422 e. The molecule has 0 aliphatic heterocycles. The van der Waals surface area contributed by atoms with E-state index in [2.05, 4.69) is 10.1 Å². The summed E-state index contributed by atoms with van der Waals surface area (Å²) < 4.78 is 40.9. The molecule has 1 fully saturated rings. The highest BCUT2D eigenvalue weighted by Gasteiger charge is 2.37. The minimum Gasteiger partial charge on any atom is -0.484 e. The second-order valence-electron chi connectivity index (χ2n) is 6.22. The van der Waals surface area contributed by atoms with E-state index >= 15 is 0 Å². The molecule has 1 aromatic rings. The number of carbonyl (C=O) groups excluding carboxylic acids is 1. The van der Waals surface area contributed by atoms with Crippen molar-refractivity contribution in [2.75, 3.05) is 11.9 Å². The van der Waals surface area contributed by atoms with Crippen LogP contribution in [0, 0.1) is 5.92 Å². The molecule has 1 saturated carbocycles. The van der Waals surface area contributed by atoms with Crippen molar-refractivity contribution in [1.82, 2.24) is 0 Å². The molecule has 2 unspecified atom stereocenters. The predicted molar refractivity (Wildman–Crippen MR) is 81.2 cm³/mol. The lowest BCUT2D eigenvalue weighted by atomic mass is 9.74. The summed E-state index contributed by atoms with van der Waals surface area (Å²) in [6.07, 6.45) is -0.850. The van der Waals surface area contributed by atoms with Gasteiger partial charge in [0.25, 0.3) is 0 Å². The van der Waals surface area contributed by atoms with Gasteiger partial charge in [-0.05, 0) is 44.0 Å². The quantitative estimate of drug-likeness (QED) is 0.888. The molecule has 7 heteroatoms. The van der Waals surface area contributed by atoms with Gasteiger partial charge in [0, 0.05) is 11.2 Å². The van der Waals surface area contributed by atoms with E-state index in [9.17, 15) is 18.0 Å². The maximum atomic E-state index is 12.4. The highest BCUT2D eigenvalue weighted by atomic mass is 19.4. The number of anilines is 1. The fourth-order valence-corrected chi connectivity index (χ4v) is 2.82. The van der Waals surface area contributed by atoms with Crippen LogP contribution in [0.4, 0.5) is 18.9 Å². The van der Waals surface area contributed by atoms with Crippen LogP contribution in [-0.2, 0) is 4.79 Å². The van der Waals surface area contributed by atoms with Crippen molar-refractivity contribution in [2.45, 2.75) is 44.3 Å². The van der Waals surface area contributed by atoms with Gasteiger partial charge >= 0.3 is 6.18 Å². The second-order valence-corrected chi connectivity index (χ2v) is 6.22. The SMILES string of the molecule is CC1(N)CCCCC1C(=O)Nc1ccc(OCC(F)(F)F)cc1. The second kappa shape index (κ2) is 6.78. The zero-order chi connectivity index (χ0) is 17.1. The molecule has 0 radical (unpaired) electrons. The zero-order valence-corrected chi connectivity index (χ0v) is 13.0. The van der Waals surface area contributed by atoms with E-state index in [4.69, 9.17) is 5.73 Å². The molecular formula is C16H21F3N2O2. The molecule has 0 bridgehead atoms. The van der Waals surface area contributed by atoms with Crippen LogP contribution in [0.1, 0.15) is 32.6 Å². The summed E-state index contributed by atoms with van der Waals surface area (Å²) in [6, 6.07) is 5.81. The van der Waals surface area contributed by atoms with E-state index < -0.39 is 18.3 Å². The van der Waals surface area contributed by atoms with Gasteiger partial charge in [-0.25, -0.2) is 0 Å². The van der Waals surface area contributed by atoms with Crippen molar-refractivity contribution in [2.24, 2.45) is 11.7 Å². The van der Waals surface area contributed by atoms with Crippen molar-refractivity contribution in [3.63, 3.8) is 0 Å². The van der Waals surface area contributed by atoms with Crippen LogP contribution in [0.15, 0.2) is 24.3 Å². The Kier molecular flexibility index (Phi) is 5.19. The fraction of sp³-hybridized carbons (Fsp3) is 0.562. The van der Waals surface area contributed by atoms with Gasteiger partial charge in [0.2, 0.25) is 5.91 Å².